The van der Waals surface area contributed by atoms with Gasteiger partial charge in [-0.05, 0) is 12.8 Å². The Morgan fingerprint density at radius 2 is 0.889 bits per heavy atom. The van der Waals surface area contributed by atoms with Gasteiger partial charge in [-0.15, -0.1) is 0 Å². The Bertz CT molecular complexity index is 174. The maximum Gasteiger partial charge on any atom is 0.132 e. The van der Waals surface area contributed by atoms with Gasteiger partial charge < -0.3 is 0 Å². The lowest BCUT2D eigenvalue weighted by molar-refractivity contribution is -0.119. The van der Waals surface area contributed by atoms with Crippen LogP contribution in [0, 0.1) is 0 Å². The number of Topliss-reactive ketones (excluding diaryl/α,β-unsaturated/α-hetero) is 1. The fourth-order valence-electron chi connectivity index (χ4n) is 2.33. The number of hydrogen-bond donors (Lipinski definition) is 0. The summed E-state index contributed by atoms with van der Waals surface area (Å²) >= 11 is 0. The Hall–Kier alpha value is -0.330. The summed E-state index contributed by atoms with van der Waals surface area (Å²) in [5.41, 5.74) is 0. The predicted octanol–water partition coefficient (Wildman–Crippen LogP) is 6.06. The molecule has 0 radical (unpaired) electrons. The van der Waals surface area contributed by atoms with E-state index in [1.54, 1.807) is 0 Å². The number of carbonyl (C=O) groups is 1. The van der Waals surface area contributed by atoms with Crippen molar-refractivity contribution in [2.24, 2.45) is 0 Å². The monoisotopic (exact) mass is 254 g/mol. The van der Waals surface area contributed by atoms with Crippen molar-refractivity contribution in [1.29, 1.82) is 0 Å². The average Bonchev–Trinajstić information content (AvgIpc) is 2.38. The summed E-state index contributed by atoms with van der Waals surface area (Å²) in [6, 6.07) is 0. The maximum absolute atomic E-state index is 11.6. The number of carbonyl (C=O) groups excluding carboxylic acids is 1. The zero-order valence-electron chi connectivity index (χ0n) is 12.8. The molecule has 0 aliphatic carbocycles. The van der Waals surface area contributed by atoms with Crippen LogP contribution in [0.2, 0.25) is 0 Å². The molecular weight excluding hydrogens is 220 g/mol. The van der Waals surface area contributed by atoms with Crippen LogP contribution in [0.5, 0.6) is 0 Å². The maximum atomic E-state index is 11.6. The van der Waals surface area contributed by atoms with E-state index in [0.29, 0.717) is 5.78 Å². The molecule has 0 bridgehead atoms. The van der Waals surface area contributed by atoms with E-state index < -0.39 is 0 Å². The lowest BCUT2D eigenvalue weighted by Crippen LogP contribution is -1.97. The minimum atomic E-state index is 0.497. The van der Waals surface area contributed by atoms with Gasteiger partial charge in [-0.2, -0.15) is 0 Å². The van der Waals surface area contributed by atoms with Crippen LogP contribution in [0.4, 0.5) is 0 Å². The lowest BCUT2D eigenvalue weighted by Gasteiger charge is -2.02. The molecule has 0 unspecified atom stereocenters. The molecule has 0 atom stereocenters. The first-order valence-electron chi connectivity index (χ1n) is 8.33. The van der Waals surface area contributed by atoms with Gasteiger partial charge >= 0.3 is 0 Å². The van der Waals surface area contributed by atoms with Gasteiger partial charge in [-0.3, -0.25) is 4.79 Å². The van der Waals surface area contributed by atoms with Crippen molar-refractivity contribution in [3.8, 4) is 0 Å². The first kappa shape index (κ1) is 17.7. The van der Waals surface area contributed by atoms with Crippen molar-refractivity contribution < 1.29 is 4.79 Å². The highest BCUT2D eigenvalue weighted by atomic mass is 16.1. The van der Waals surface area contributed by atoms with Crippen LogP contribution in [0.15, 0.2) is 0 Å². The van der Waals surface area contributed by atoms with Gasteiger partial charge in [0.2, 0.25) is 0 Å². The van der Waals surface area contributed by atoms with E-state index in [1.807, 2.05) is 0 Å². The summed E-state index contributed by atoms with van der Waals surface area (Å²) in [4.78, 5) is 11.6. The molecule has 0 spiro atoms. The summed E-state index contributed by atoms with van der Waals surface area (Å²) in [6.07, 6.45) is 17.1. The molecule has 0 heterocycles. The smallest absolute Gasteiger partial charge is 0.132 e. The van der Waals surface area contributed by atoms with Gasteiger partial charge in [0.15, 0.2) is 0 Å². The van der Waals surface area contributed by atoms with Gasteiger partial charge in [0.05, 0.1) is 0 Å². The first-order valence-corrected chi connectivity index (χ1v) is 8.33. The molecule has 0 aliphatic rings. The van der Waals surface area contributed by atoms with Crippen molar-refractivity contribution in [3.05, 3.63) is 0 Å². The summed E-state index contributed by atoms with van der Waals surface area (Å²) in [5, 5.41) is 0. The molecule has 0 N–H and O–H groups in total. The normalized spacial score (nSPS) is 10.8. The molecule has 0 aromatic rings. The topological polar surface area (TPSA) is 17.1 Å². The quantitative estimate of drug-likeness (QED) is 0.344. The summed E-state index contributed by atoms with van der Waals surface area (Å²) < 4.78 is 0. The molecule has 0 fully saturated rings. The SMILES string of the molecule is CCCCCCCCCCC(=O)CCCCCC. The zero-order chi connectivity index (χ0) is 13.5. The molecule has 0 aliphatic heterocycles. The fourth-order valence-corrected chi connectivity index (χ4v) is 2.33. The number of hydrogen-bond acceptors (Lipinski definition) is 1. The van der Waals surface area contributed by atoms with Crippen LogP contribution in [0.3, 0.4) is 0 Å². The second-order valence-electron chi connectivity index (χ2n) is 5.57. The van der Waals surface area contributed by atoms with E-state index in [0.717, 1.165) is 25.7 Å². The first-order chi connectivity index (χ1) is 8.81. The highest BCUT2D eigenvalue weighted by Gasteiger charge is 2.01. The van der Waals surface area contributed by atoms with E-state index in [4.69, 9.17) is 0 Å². The molecule has 0 rings (SSSR count). The fraction of sp³-hybridized carbons (Fsp3) is 0.941. The van der Waals surface area contributed by atoms with Crippen molar-refractivity contribution in [2.45, 2.75) is 104 Å². The molecule has 0 amide bonds. The van der Waals surface area contributed by atoms with Crippen LogP contribution in [-0.4, -0.2) is 5.78 Å². The van der Waals surface area contributed by atoms with Crippen LogP contribution < -0.4 is 0 Å². The van der Waals surface area contributed by atoms with E-state index in [1.165, 1.54) is 64.2 Å². The zero-order valence-corrected chi connectivity index (χ0v) is 12.8. The summed E-state index contributed by atoms with van der Waals surface area (Å²) in [6.45, 7) is 4.47. The second kappa shape index (κ2) is 14.7. The Morgan fingerprint density at radius 1 is 0.556 bits per heavy atom. The second-order valence-corrected chi connectivity index (χ2v) is 5.57. The molecule has 18 heavy (non-hydrogen) atoms. The molecule has 108 valence electrons. The average molecular weight is 254 g/mol. The van der Waals surface area contributed by atoms with Gasteiger partial charge in [-0.25, -0.2) is 0 Å². The third-order valence-corrected chi connectivity index (χ3v) is 3.62. The van der Waals surface area contributed by atoms with Crippen molar-refractivity contribution in [2.75, 3.05) is 0 Å². The van der Waals surface area contributed by atoms with Gasteiger partial charge in [0.25, 0.3) is 0 Å². The molecule has 0 aromatic carbocycles. The summed E-state index contributed by atoms with van der Waals surface area (Å²) in [7, 11) is 0. The standard InChI is InChI=1S/C17H34O/c1-3-5-7-9-10-11-12-14-16-17(18)15-13-8-6-4-2/h3-16H2,1-2H3. The van der Waals surface area contributed by atoms with Crippen LogP contribution in [0.25, 0.3) is 0 Å². The highest BCUT2D eigenvalue weighted by molar-refractivity contribution is 5.78. The van der Waals surface area contributed by atoms with E-state index in [9.17, 15) is 4.79 Å². The van der Waals surface area contributed by atoms with Crippen LogP contribution in [0.1, 0.15) is 104 Å². The minimum absolute atomic E-state index is 0.497. The number of ketones is 1. The van der Waals surface area contributed by atoms with Gasteiger partial charge in [-0.1, -0.05) is 78.1 Å². The Balaban J connectivity index is 3.10. The van der Waals surface area contributed by atoms with Crippen molar-refractivity contribution in [3.63, 3.8) is 0 Å². The Labute approximate surface area is 115 Å². The predicted molar refractivity (Wildman–Crippen MR) is 81.0 cm³/mol. The van der Waals surface area contributed by atoms with Crippen LogP contribution in [-0.2, 0) is 4.79 Å². The number of rotatable bonds is 14. The lowest BCUT2D eigenvalue weighted by atomic mass is 10.0. The molecule has 1 nitrogen and oxygen atoms in total. The molecule has 0 aromatic heterocycles. The molecule has 0 saturated carbocycles. The largest absolute Gasteiger partial charge is 0.300 e. The molecule has 0 saturated heterocycles. The van der Waals surface area contributed by atoms with E-state index in [-0.39, 0.29) is 0 Å². The van der Waals surface area contributed by atoms with E-state index in [2.05, 4.69) is 13.8 Å². The minimum Gasteiger partial charge on any atom is -0.300 e. The van der Waals surface area contributed by atoms with E-state index >= 15 is 0 Å². The molecule has 1 heteroatoms. The third-order valence-electron chi connectivity index (χ3n) is 3.62. The van der Waals surface area contributed by atoms with Crippen molar-refractivity contribution >= 4 is 5.78 Å². The highest BCUT2D eigenvalue weighted by Crippen LogP contribution is 2.11. The van der Waals surface area contributed by atoms with Gasteiger partial charge in [0, 0.05) is 12.8 Å². The van der Waals surface area contributed by atoms with Gasteiger partial charge in [0.1, 0.15) is 5.78 Å². The van der Waals surface area contributed by atoms with Crippen molar-refractivity contribution in [1.82, 2.24) is 0 Å². The third kappa shape index (κ3) is 13.7. The Morgan fingerprint density at radius 3 is 1.33 bits per heavy atom. The number of unbranched alkanes of at least 4 members (excludes halogenated alkanes) is 10. The summed E-state index contributed by atoms with van der Waals surface area (Å²) in [5.74, 6) is 0.497. The molecular formula is C17H34O. The van der Waals surface area contributed by atoms with Crippen LogP contribution >= 0.6 is 0 Å². The Kier molecular flexibility index (Phi) is 14.5.